The monoisotopic (exact) mass is 427 g/mol. The smallest absolute Gasteiger partial charge is 0.276 e. The van der Waals surface area contributed by atoms with E-state index in [1.807, 2.05) is 54.7 Å². The SMILES string of the molecule is O=C(Nc1ccn(Cc2ccccn2)n1)c1csc(-c2cnn(-c3ccccc3)c2)n1. The first-order valence-corrected chi connectivity index (χ1v) is 10.4. The molecule has 0 spiro atoms. The van der Waals surface area contributed by atoms with Crippen LogP contribution in [-0.2, 0) is 6.54 Å². The molecule has 0 unspecified atom stereocenters. The van der Waals surface area contributed by atoms with E-state index >= 15 is 0 Å². The number of anilines is 1. The Morgan fingerprint density at radius 2 is 1.94 bits per heavy atom. The number of para-hydroxylation sites is 1. The van der Waals surface area contributed by atoms with Gasteiger partial charge in [0.1, 0.15) is 10.7 Å². The van der Waals surface area contributed by atoms with Crippen LogP contribution in [0, 0.1) is 0 Å². The third-order valence-corrected chi connectivity index (χ3v) is 5.41. The lowest BCUT2D eigenvalue weighted by Crippen LogP contribution is -2.13. The molecule has 5 rings (SSSR count). The zero-order chi connectivity index (χ0) is 21.0. The van der Waals surface area contributed by atoms with Gasteiger partial charge in [-0.3, -0.25) is 14.5 Å². The number of thiazole rings is 1. The number of rotatable bonds is 6. The first-order valence-electron chi connectivity index (χ1n) is 9.55. The summed E-state index contributed by atoms with van der Waals surface area (Å²) in [4.78, 5) is 21.4. The van der Waals surface area contributed by atoms with Gasteiger partial charge in [-0.25, -0.2) is 9.67 Å². The molecule has 5 aromatic rings. The largest absolute Gasteiger partial charge is 0.304 e. The van der Waals surface area contributed by atoms with Crippen molar-refractivity contribution in [1.29, 1.82) is 0 Å². The minimum absolute atomic E-state index is 0.305. The fourth-order valence-electron chi connectivity index (χ4n) is 3.02. The van der Waals surface area contributed by atoms with Crippen molar-refractivity contribution in [3.8, 4) is 16.3 Å². The Balaban J connectivity index is 1.26. The molecule has 0 bridgehead atoms. The van der Waals surface area contributed by atoms with Crippen molar-refractivity contribution in [2.24, 2.45) is 0 Å². The second-order valence-electron chi connectivity index (χ2n) is 6.72. The van der Waals surface area contributed by atoms with E-state index in [1.54, 1.807) is 39.4 Å². The Labute approximate surface area is 181 Å². The molecule has 152 valence electrons. The van der Waals surface area contributed by atoms with Gasteiger partial charge < -0.3 is 5.32 Å². The maximum atomic E-state index is 12.6. The molecule has 0 saturated heterocycles. The maximum absolute atomic E-state index is 12.6. The number of nitrogens with one attached hydrogen (secondary N) is 1. The van der Waals surface area contributed by atoms with Crippen LogP contribution in [0.3, 0.4) is 0 Å². The molecule has 0 aliphatic rings. The van der Waals surface area contributed by atoms with E-state index in [1.165, 1.54) is 11.3 Å². The Morgan fingerprint density at radius 3 is 2.77 bits per heavy atom. The van der Waals surface area contributed by atoms with Crippen LogP contribution in [0.25, 0.3) is 16.3 Å². The standard InChI is InChI=1S/C22H17N7OS/c30-21(26-20-9-11-28(27-20)14-17-6-4-5-10-23-17)19-15-31-22(25-19)16-12-24-29(13-16)18-7-2-1-3-8-18/h1-13,15H,14H2,(H,26,27,30). The highest BCUT2D eigenvalue weighted by Gasteiger charge is 2.14. The first kappa shape index (κ1) is 18.9. The quantitative estimate of drug-likeness (QED) is 0.444. The summed E-state index contributed by atoms with van der Waals surface area (Å²) in [5.41, 5.74) is 3.05. The number of hydrogen-bond acceptors (Lipinski definition) is 6. The summed E-state index contributed by atoms with van der Waals surface area (Å²) in [5, 5.41) is 14.0. The van der Waals surface area contributed by atoms with Crippen LogP contribution in [0.5, 0.6) is 0 Å². The van der Waals surface area contributed by atoms with Gasteiger partial charge in [-0.2, -0.15) is 10.2 Å². The summed E-state index contributed by atoms with van der Waals surface area (Å²) < 4.78 is 3.51. The van der Waals surface area contributed by atoms with Crippen molar-refractivity contribution in [1.82, 2.24) is 29.5 Å². The Kier molecular flexibility index (Phi) is 5.07. The predicted molar refractivity (Wildman–Crippen MR) is 118 cm³/mol. The third-order valence-electron chi connectivity index (χ3n) is 4.52. The molecule has 1 N–H and O–H groups in total. The normalized spacial score (nSPS) is 10.8. The van der Waals surface area contributed by atoms with E-state index in [0.29, 0.717) is 18.1 Å². The van der Waals surface area contributed by atoms with E-state index in [9.17, 15) is 4.79 Å². The van der Waals surface area contributed by atoms with Crippen molar-refractivity contribution >= 4 is 23.1 Å². The van der Waals surface area contributed by atoms with Crippen molar-refractivity contribution in [3.05, 3.63) is 96.2 Å². The fourth-order valence-corrected chi connectivity index (χ4v) is 3.80. The number of carbonyl (C=O) groups excluding carboxylic acids is 1. The summed E-state index contributed by atoms with van der Waals surface area (Å²) in [6, 6.07) is 17.3. The number of nitrogens with zero attached hydrogens (tertiary/aromatic N) is 6. The fraction of sp³-hybridized carbons (Fsp3) is 0.0455. The maximum Gasteiger partial charge on any atom is 0.276 e. The molecule has 0 aliphatic heterocycles. The van der Waals surface area contributed by atoms with Gasteiger partial charge in [-0.05, 0) is 24.3 Å². The van der Waals surface area contributed by atoms with Crippen molar-refractivity contribution in [3.63, 3.8) is 0 Å². The topological polar surface area (TPSA) is 90.5 Å². The van der Waals surface area contributed by atoms with Gasteiger partial charge in [0, 0.05) is 35.6 Å². The molecule has 0 radical (unpaired) electrons. The molecular weight excluding hydrogens is 410 g/mol. The van der Waals surface area contributed by atoms with Gasteiger partial charge in [0.2, 0.25) is 0 Å². The van der Waals surface area contributed by atoms with Gasteiger partial charge in [0.25, 0.3) is 5.91 Å². The zero-order valence-electron chi connectivity index (χ0n) is 16.3. The first-order chi connectivity index (χ1) is 15.2. The summed E-state index contributed by atoms with van der Waals surface area (Å²) in [5.74, 6) is 0.161. The van der Waals surface area contributed by atoms with Crippen LogP contribution in [-0.4, -0.2) is 35.4 Å². The Hall–Kier alpha value is -4.11. The minimum atomic E-state index is -0.305. The van der Waals surface area contributed by atoms with E-state index < -0.39 is 0 Å². The number of aromatic nitrogens is 6. The molecule has 0 fully saturated rings. The van der Waals surface area contributed by atoms with Crippen LogP contribution in [0.1, 0.15) is 16.2 Å². The van der Waals surface area contributed by atoms with Crippen molar-refractivity contribution < 1.29 is 4.79 Å². The van der Waals surface area contributed by atoms with Crippen LogP contribution < -0.4 is 5.32 Å². The second kappa shape index (κ2) is 8.33. The van der Waals surface area contributed by atoms with Crippen LogP contribution >= 0.6 is 11.3 Å². The van der Waals surface area contributed by atoms with E-state index in [2.05, 4.69) is 25.5 Å². The molecule has 31 heavy (non-hydrogen) atoms. The molecule has 8 nitrogen and oxygen atoms in total. The Morgan fingerprint density at radius 1 is 1.06 bits per heavy atom. The summed E-state index contributed by atoms with van der Waals surface area (Å²) in [6.07, 6.45) is 7.18. The molecule has 1 aromatic carbocycles. The van der Waals surface area contributed by atoms with Crippen LogP contribution in [0.4, 0.5) is 5.82 Å². The highest BCUT2D eigenvalue weighted by molar-refractivity contribution is 7.13. The average molecular weight is 427 g/mol. The number of benzene rings is 1. The third kappa shape index (κ3) is 4.26. The number of pyridine rings is 1. The lowest BCUT2D eigenvalue weighted by molar-refractivity contribution is 0.102. The lowest BCUT2D eigenvalue weighted by Gasteiger charge is -2.01. The molecule has 0 saturated carbocycles. The molecular formula is C22H17N7OS. The number of carbonyl (C=O) groups is 1. The van der Waals surface area contributed by atoms with Gasteiger partial charge >= 0.3 is 0 Å². The number of amides is 1. The van der Waals surface area contributed by atoms with Gasteiger partial charge in [0.05, 0.1) is 24.1 Å². The molecule has 0 aliphatic carbocycles. The highest BCUT2D eigenvalue weighted by Crippen LogP contribution is 2.24. The van der Waals surface area contributed by atoms with Gasteiger partial charge in [0.15, 0.2) is 5.82 Å². The molecule has 0 atom stereocenters. The summed E-state index contributed by atoms with van der Waals surface area (Å²) in [7, 11) is 0. The van der Waals surface area contributed by atoms with Crippen molar-refractivity contribution in [2.75, 3.05) is 5.32 Å². The van der Waals surface area contributed by atoms with Crippen molar-refractivity contribution in [2.45, 2.75) is 6.54 Å². The minimum Gasteiger partial charge on any atom is -0.304 e. The van der Waals surface area contributed by atoms with Gasteiger partial charge in [-0.15, -0.1) is 11.3 Å². The lowest BCUT2D eigenvalue weighted by atomic mass is 10.3. The Bertz CT molecular complexity index is 1310. The van der Waals surface area contributed by atoms with Crippen LogP contribution in [0.2, 0.25) is 0 Å². The summed E-state index contributed by atoms with van der Waals surface area (Å²) in [6.45, 7) is 0.531. The molecule has 9 heteroatoms. The van der Waals surface area contributed by atoms with E-state index in [-0.39, 0.29) is 5.91 Å². The number of hydrogen-bond donors (Lipinski definition) is 1. The second-order valence-corrected chi connectivity index (χ2v) is 7.58. The molecule has 1 amide bonds. The van der Waals surface area contributed by atoms with E-state index in [4.69, 9.17) is 0 Å². The average Bonchev–Trinajstić information content (AvgIpc) is 3.56. The molecule has 4 heterocycles. The highest BCUT2D eigenvalue weighted by atomic mass is 32.1. The molecule has 4 aromatic heterocycles. The van der Waals surface area contributed by atoms with E-state index in [0.717, 1.165) is 22.0 Å². The van der Waals surface area contributed by atoms with Crippen LogP contribution in [0.15, 0.2) is 84.8 Å². The predicted octanol–water partition coefficient (Wildman–Crippen LogP) is 3.89. The summed E-state index contributed by atoms with van der Waals surface area (Å²) >= 11 is 1.40. The van der Waals surface area contributed by atoms with Gasteiger partial charge in [-0.1, -0.05) is 24.3 Å². The zero-order valence-corrected chi connectivity index (χ0v) is 17.1.